The van der Waals surface area contributed by atoms with Crippen LogP contribution < -0.4 is 0 Å². The molecule has 9 aromatic carbocycles. The molecule has 0 saturated carbocycles. The molecule has 278 valence electrons. The summed E-state index contributed by atoms with van der Waals surface area (Å²) in [7, 11) is 0. The average molecular weight is 763 g/mol. The van der Waals surface area contributed by atoms with Crippen molar-refractivity contribution in [3.63, 3.8) is 0 Å². The van der Waals surface area contributed by atoms with Gasteiger partial charge in [-0.2, -0.15) is 10.5 Å². The lowest BCUT2D eigenvalue weighted by atomic mass is 10.0. The van der Waals surface area contributed by atoms with Crippen molar-refractivity contribution in [2.45, 2.75) is 0 Å². The molecule has 2 heterocycles. The molecule has 0 radical (unpaired) electrons. The van der Waals surface area contributed by atoms with Gasteiger partial charge in [0, 0.05) is 27.2 Å². The van der Waals surface area contributed by atoms with Crippen molar-refractivity contribution in [3.05, 3.63) is 217 Å². The summed E-state index contributed by atoms with van der Waals surface area (Å²) in [4.78, 5) is 0. The Kier molecular flexibility index (Phi) is 8.22. The van der Waals surface area contributed by atoms with Crippen LogP contribution in [0.1, 0.15) is 11.1 Å². The molecule has 0 aliphatic carbocycles. The zero-order chi connectivity index (χ0) is 40.2. The van der Waals surface area contributed by atoms with Crippen molar-refractivity contribution < 1.29 is 0 Å². The van der Waals surface area contributed by atoms with E-state index in [1.54, 1.807) is 0 Å². The third kappa shape index (κ3) is 5.67. The fraction of sp³-hybridized carbons (Fsp3) is 0. The topological polar surface area (TPSA) is 57.4 Å². The second-order valence-corrected chi connectivity index (χ2v) is 15.2. The van der Waals surface area contributed by atoms with E-state index in [1.165, 1.54) is 0 Å². The molecule has 0 N–H and O–H groups in total. The lowest BCUT2D eigenvalue weighted by Crippen LogP contribution is -2.04. The predicted molar refractivity (Wildman–Crippen MR) is 246 cm³/mol. The van der Waals surface area contributed by atoms with E-state index in [0.29, 0.717) is 16.8 Å². The van der Waals surface area contributed by atoms with Gasteiger partial charge in [0.15, 0.2) is 0 Å². The summed E-state index contributed by atoms with van der Waals surface area (Å²) in [6.07, 6.45) is 0. The van der Waals surface area contributed by atoms with Gasteiger partial charge in [-0.3, -0.25) is 0 Å². The molecule has 0 atom stereocenters. The van der Waals surface area contributed by atoms with Crippen LogP contribution in [0.15, 0.2) is 206 Å². The first-order chi connectivity index (χ1) is 29.7. The Hall–Kier alpha value is -8.44. The Morgan fingerprint density at radius 2 is 0.567 bits per heavy atom. The highest BCUT2D eigenvalue weighted by Crippen LogP contribution is 2.41. The molecule has 2 aromatic heterocycles. The van der Waals surface area contributed by atoms with E-state index in [2.05, 4.69) is 191 Å². The first-order valence-corrected chi connectivity index (χ1v) is 20.0. The van der Waals surface area contributed by atoms with Crippen molar-refractivity contribution in [2.24, 2.45) is 0 Å². The number of nitrogens with zero attached hydrogens (tertiary/aromatic N) is 4. The molecule has 11 rings (SSSR count). The second kappa shape index (κ2) is 14.2. The zero-order valence-electron chi connectivity index (χ0n) is 32.4. The molecule has 4 heteroatoms. The van der Waals surface area contributed by atoms with Gasteiger partial charge in [-0.05, 0) is 105 Å². The molecule has 11 aromatic rings. The zero-order valence-corrected chi connectivity index (χ0v) is 32.4. The van der Waals surface area contributed by atoms with Crippen molar-refractivity contribution in [1.29, 1.82) is 10.5 Å². The number of benzene rings is 9. The summed E-state index contributed by atoms with van der Waals surface area (Å²) in [6.45, 7) is 0. The number of rotatable bonds is 6. The predicted octanol–water partition coefficient (Wildman–Crippen LogP) is 14.3. The van der Waals surface area contributed by atoms with Crippen LogP contribution in [0.5, 0.6) is 0 Å². The summed E-state index contributed by atoms with van der Waals surface area (Å²) in [6, 6.07) is 76.7. The van der Waals surface area contributed by atoms with E-state index < -0.39 is 0 Å². The lowest BCUT2D eigenvalue weighted by molar-refractivity contribution is 1.12. The van der Waals surface area contributed by atoms with Crippen LogP contribution in [0, 0.1) is 22.7 Å². The molecular formula is C56H34N4. The van der Waals surface area contributed by atoms with Crippen LogP contribution in [0.3, 0.4) is 0 Å². The molecule has 0 aliphatic heterocycles. The van der Waals surface area contributed by atoms with Crippen LogP contribution in [0.2, 0.25) is 0 Å². The summed E-state index contributed by atoms with van der Waals surface area (Å²) in [5, 5.41) is 26.4. The molecular weight excluding hydrogens is 729 g/mol. The number of nitriles is 2. The average Bonchev–Trinajstić information content (AvgIpc) is 3.83. The van der Waals surface area contributed by atoms with Gasteiger partial charge in [0.1, 0.15) is 12.1 Å². The monoisotopic (exact) mass is 762 g/mol. The molecule has 0 amide bonds. The van der Waals surface area contributed by atoms with Gasteiger partial charge in [-0.25, -0.2) is 0 Å². The van der Waals surface area contributed by atoms with E-state index in [4.69, 9.17) is 0 Å². The summed E-state index contributed by atoms with van der Waals surface area (Å²) in [5.41, 5.74) is 15.0. The highest BCUT2D eigenvalue weighted by molar-refractivity contribution is 6.13. The molecule has 0 spiro atoms. The van der Waals surface area contributed by atoms with Gasteiger partial charge < -0.3 is 9.13 Å². The molecule has 60 heavy (non-hydrogen) atoms. The smallest absolute Gasteiger partial charge is 0.101 e. The maximum absolute atomic E-state index is 11.1. The first-order valence-electron chi connectivity index (χ1n) is 20.0. The third-order valence-electron chi connectivity index (χ3n) is 11.8. The summed E-state index contributed by atoms with van der Waals surface area (Å²) >= 11 is 0. The quantitative estimate of drug-likeness (QED) is 0.169. The Labute approximate surface area is 347 Å². The van der Waals surface area contributed by atoms with Crippen LogP contribution in [-0.2, 0) is 0 Å². The van der Waals surface area contributed by atoms with Gasteiger partial charge in [-0.1, -0.05) is 146 Å². The van der Waals surface area contributed by atoms with Crippen LogP contribution in [-0.4, -0.2) is 9.13 Å². The molecule has 4 nitrogen and oxygen atoms in total. The highest BCUT2D eigenvalue weighted by Gasteiger charge is 2.23. The first kappa shape index (κ1) is 34.8. The number of fused-ring (bicyclic) bond motifs is 6. The Morgan fingerprint density at radius 3 is 0.850 bits per heavy atom. The maximum atomic E-state index is 11.1. The fourth-order valence-corrected chi connectivity index (χ4v) is 8.97. The molecule has 0 aliphatic rings. The highest BCUT2D eigenvalue weighted by atomic mass is 15.0. The van der Waals surface area contributed by atoms with E-state index in [-0.39, 0.29) is 0 Å². The Bertz CT molecular complexity index is 3300. The van der Waals surface area contributed by atoms with Crippen molar-refractivity contribution in [2.75, 3.05) is 0 Å². The lowest BCUT2D eigenvalue weighted by Gasteiger charge is -2.16. The maximum Gasteiger partial charge on any atom is 0.101 e. The second-order valence-electron chi connectivity index (χ2n) is 15.2. The normalized spacial score (nSPS) is 11.3. The van der Waals surface area contributed by atoms with E-state index in [9.17, 15) is 10.5 Å². The van der Waals surface area contributed by atoms with Crippen molar-refractivity contribution >= 4 is 43.6 Å². The Morgan fingerprint density at radius 1 is 0.283 bits per heavy atom. The van der Waals surface area contributed by atoms with Crippen molar-refractivity contribution in [1.82, 2.24) is 9.13 Å². The fourth-order valence-electron chi connectivity index (χ4n) is 8.97. The van der Waals surface area contributed by atoms with Gasteiger partial charge in [0.25, 0.3) is 0 Å². The standard InChI is InChI=1S/C56H34N4/c57-35-45-29-47(59-52-25-21-41(37-13-5-1-6-14-37)31-48(52)49-32-42(22-26-53(49)59)38-15-7-2-8-16-38)30-46(36-58)56(45)60-54-27-23-43(39-17-9-3-10-18-39)33-50(54)51-34-44(24-28-55(51)60)40-19-11-4-12-20-40/h1-34H. The minimum atomic E-state index is 0.416. The SMILES string of the molecule is N#Cc1cc(-n2c3ccc(-c4ccccc4)cc3c3cc(-c4ccccc4)ccc32)cc(C#N)c1-n1c2ccc(-c3ccccc3)cc2c2cc(-c3ccccc3)ccc21. The molecule has 0 saturated heterocycles. The van der Waals surface area contributed by atoms with Gasteiger partial charge in [-0.15, -0.1) is 0 Å². The minimum Gasteiger partial charge on any atom is -0.309 e. The Balaban J connectivity index is 1.16. The van der Waals surface area contributed by atoms with Crippen molar-refractivity contribution in [3.8, 4) is 68.0 Å². The molecule has 0 unspecified atom stereocenters. The number of aromatic nitrogens is 2. The van der Waals surface area contributed by atoms with E-state index >= 15 is 0 Å². The third-order valence-corrected chi connectivity index (χ3v) is 11.8. The minimum absolute atomic E-state index is 0.416. The largest absolute Gasteiger partial charge is 0.309 e. The molecule has 0 bridgehead atoms. The number of hydrogen-bond acceptors (Lipinski definition) is 2. The van der Waals surface area contributed by atoms with Crippen LogP contribution in [0.4, 0.5) is 0 Å². The summed E-state index contributed by atoms with van der Waals surface area (Å²) in [5.74, 6) is 0. The summed E-state index contributed by atoms with van der Waals surface area (Å²) < 4.78 is 4.31. The van der Waals surface area contributed by atoms with E-state index in [0.717, 1.165) is 93.8 Å². The van der Waals surface area contributed by atoms with Gasteiger partial charge in [0.05, 0.1) is 38.9 Å². The van der Waals surface area contributed by atoms with Gasteiger partial charge in [0.2, 0.25) is 0 Å². The molecule has 0 fully saturated rings. The van der Waals surface area contributed by atoms with E-state index in [1.807, 2.05) is 36.4 Å². The number of hydrogen-bond donors (Lipinski definition) is 0. The van der Waals surface area contributed by atoms with Crippen LogP contribution >= 0.6 is 0 Å². The van der Waals surface area contributed by atoms with Gasteiger partial charge >= 0.3 is 0 Å². The van der Waals surface area contributed by atoms with Crippen LogP contribution in [0.25, 0.3) is 99.5 Å².